The molecule has 0 aliphatic rings. The Balaban J connectivity index is 2.99. The average molecular weight is 342 g/mol. The van der Waals surface area contributed by atoms with Crippen molar-refractivity contribution in [3.8, 4) is 0 Å². The molecule has 8 heteroatoms. The molecule has 0 aliphatic heterocycles. The minimum atomic E-state index is -2.07. The Hall–Kier alpha value is 0.430. The van der Waals surface area contributed by atoms with Crippen LogP contribution in [0, 0.1) is 0 Å². The van der Waals surface area contributed by atoms with Crippen molar-refractivity contribution >= 4 is 81.2 Å². The van der Waals surface area contributed by atoms with E-state index in [1.807, 2.05) is 0 Å². The van der Waals surface area contributed by atoms with Crippen molar-refractivity contribution < 1.29 is 4.79 Å². The zero-order chi connectivity index (χ0) is 12.5. The van der Waals surface area contributed by atoms with Gasteiger partial charge in [-0.3, -0.25) is 4.79 Å². The lowest BCUT2D eigenvalue weighted by atomic mass is 10.3. The summed E-state index contributed by atoms with van der Waals surface area (Å²) in [7, 11) is 0. The summed E-state index contributed by atoms with van der Waals surface area (Å²) in [5, 5.41) is 2.99. The minimum Gasteiger partial charge on any atom is -0.321 e. The minimum absolute atomic E-state index is 0.192. The largest absolute Gasteiger partial charge is 0.321 e. The average Bonchev–Trinajstić information content (AvgIpc) is 2.12. The van der Waals surface area contributed by atoms with Gasteiger partial charge >= 0.3 is 0 Å². The van der Waals surface area contributed by atoms with Gasteiger partial charge in [0.1, 0.15) is 0 Å². The Labute approximate surface area is 122 Å². The van der Waals surface area contributed by atoms with Gasteiger partial charge in [-0.15, -0.1) is 0 Å². The molecule has 0 bridgehead atoms. The van der Waals surface area contributed by atoms with Crippen LogP contribution in [0.3, 0.4) is 0 Å². The first-order valence-electron chi connectivity index (χ1n) is 3.74. The van der Waals surface area contributed by atoms with E-state index in [-0.39, 0.29) is 20.8 Å². The van der Waals surface area contributed by atoms with Gasteiger partial charge in [-0.1, -0.05) is 69.6 Å². The van der Waals surface area contributed by atoms with Gasteiger partial charge in [0, 0.05) is 0 Å². The topological polar surface area (TPSA) is 29.1 Å². The van der Waals surface area contributed by atoms with E-state index in [1.54, 1.807) is 0 Å². The first-order valence-corrected chi connectivity index (χ1v) is 6.01. The molecule has 1 aromatic rings. The fourth-order valence-corrected chi connectivity index (χ4v) is 1.55. The number of anilines is 1. The third kappa shape index (κ3) is 3.73. The summed E-state index contributed by atoms with van der Waals surface area (Å²) >= 11 is 33.4. The summed E-state index contributed by atoms with van der Waals surface area (Å²) in [5.74, 6) is -0.835. The van der Waals surface area contributed by atoms with E-state index in [2.05, 4.69) is 5.32 Å². The molecule has 0 fully saturated rings. The van der Waals surface area contributed by atoms with Crippen LogP contribution in [0.15, 0.2) is 12.1 Å². The number of nitrogens with one attached hydrogen (secondary N) is 1. The summed E-state index contributed by atoms with van der Waals surface area (Å²) < 4.78 is -2.07. The van der Waals surface area contributed by atoms with Gasteiger partial charge in [-0.25, -0.2) is 0 Å². The maximum Gasteiger partial charge on any atom is 0.276 e. The summed E-state index contributed by atoms with van der Waals surface area (Å²) in [5.41, 5.74) is 0.215. The number of carbonyl (C=O) groups is 1. The van der Waals surface area contributed by atoms with Gasteiger partial charge in [0.25, 0.3) is 9.70 Å². The van der Waals surface area contributed by atoms with Crippen molar-refractivity contribution in [2.24, 2.45) is 0 Å². The summed E-state index contributed by atoms with van der Waals surface area (Å²) in [6, 6.07) is 2.74. The van der Waals surface area contributed by atoms with E-state index < -0.39 is 9.70 Å². The van der Waals surface area contributed by atoms with E-state index in [4.69, 9.17) is 69.6 Å². The van der Waals surface area contributed by atoms with E-state index >= 15 is 0 Å². The van der Waals surface area contributed by atoms with Crippen LogP contribution in [0.4, 0.5) is 5.69 Å². The number of rotatable bonds is 1. The number of carbonyl (C=O) groups excluding carboxylic acids is 1. The van der Waals surface area contributed by atoms with Crippen LogP contribution in [-0.4, -0.2) is 9.70 Å². The van der Waals surface area contributed by atoms with Crippen LogP contribution in [0.25, 0.3) is 0 Å². The Kier molecular flexibility index (Phi) is 4.88. The van der Waals surface area contributed by atoms with Crippen molar-refractivity contribution in [2.75, 3.05) is 5.32 Å². The monoisotopic (exact) mass is 339 g/mol. The van der Waals surface area contributed by atoms with Gasteiger partial charge in [0.15, 0.2) is 0 Å². The Morgan fingerprint density at radius 3 is 2.00 bits per heavy atom. The molecule has 1 amide bonds. The highest BCUT2D eigenvalue weighted by Gasteiger charge is 2.31. The molecule has 0 saturated carbocycles. The third-order valence-corrected chi connectivity index (χ3v) is 3.07. The summed E-state index contributed by atoms with van der Waals surface area (Å²) in [4.78, 5) is 11.3. The second kappa shape index (κ2) is 5.38. The van der Waals surface area contributed by atoms with E-state index in [0.29, 0.717) is 0 Å². The molecule has 0 atom stereocenters. The highest BCUT2D eigenvalue weighted by atomic mass is 35.6. The smallest absolute Gasteiger partial charge is 0.276 e. The lowest BCUT2D eigenvalue weighted by Crippen LogP contribution is -2.27. The number of alkyl halides is 3. The van der Waals surface area contributed by atoms with Gasteiger partial charge in [0.2, 0.25) is 0 Å². The molecule has 0 saturated heterocycles. The maximum absolute atomic E-state index is 11.3. The quantitative estimate of drug-likeness (QED) is 0.568. The van der Waals surface area contributed by atoms with E-state index in [1.165, 1.54) is 12.1 Å². The number of hydrogen-bond donors (Lipinski definition) is 1. The van der Waals surface area contributed by atoms with Crippen LogP contribution in [0.5, 0.6) is 0 Å². The molecule has 0 spiro atoms. The van der Waals surface area contributed by atoms with Gasteiger partial charge in [-0.05, 0) is 12.1 Å². The predicted molar refractivity (Wildman–Crippen MR) is 70.4 cm³/mol. The van der Waals surface area contributed by atoms with Crippen molar-refractivity contribution in [2.45, 2.75) is 3.79 Å². The van der Waals surface area contributed by atoms with Crippen LogP contribution in [-0.2, 0) is 4.79 Å². The molecule has 0 aliphatic carbocycles. The molecule has 0 unspecified atom stereocenters. The number of amides is 1. The molecule has 16 heavy (non-hydrogen) atoms. The van der Waals surface area contributed by atoms with E-state index in [9.17, 15) is 4.79 Å². The molecular weight excluding hydrogens is 339 g/mol. The van der Waals surface area contributed by atoms with Crippen LogP contribution in [0.2, 0.25) is 15.1 Å². The van der Waals surface area contributed by atoms with Crippen molar-refractivity contribution in [1.82, 2.24) is 0 Å². The first kappa shape index (κ1) is 14.5. The maximum atomic E-state index is 11.3. The molecule has 1 aromatic carbocycles. The SMILES string of the molecule is O=C(Nc1cc(Cl)c(Cl)cc1Cl)C(Cl)(Cl)Cl. The second-order valence-corrected chi connectivity index (χ2v) is 6.20. The van der Waals surface area contributed by atoms with E-state index in [0.717, 1.165) is 0 Å². The lowest BCUT2D eigenvalue weighted by molar-refractivity contribution is -0.115. The molecular formula is C8H3Cl6NO. The zero-order valence-electron chi connectivity index (χ0n) is 7.33. The number of halogens is 6. The standard InChI is InChI=1S/C8H3Cl6NO/c9-3-1-5(11)6(2-4(3)10)15-7(16)8(12,13)14/h1-2H,(H,15,16). The van der Waals surface area contributed by atoms with Crippen LogP contribution < -0.4 is 5.32 Å². The zero-order valence-corrected chi connectivity index (χ0v) is 11.9. The normalized spacial score (nSPS) is 11.4. The van der Waals surface area contributed by atoms with Crippen LogP contribution >= 0.6 is 69.6 Å². The highest BCUT2D eigenvalue weighted by Crippen LogP contribution is 2.34. The molecule has 0 aromatic heterocycles. The van der Waals surface area contributed by atoms with Gasteiger partial charge in [-0.2, -0.15) is 0 Å². The molecule has 88 valence electrons. The first-order chi connectivity index (χ1) is 7.21. The van der Waals surface area contributed by atoms with Gasteiger partial charge in [0.05, 0.1) is 20.8 Å². The Morgan fingerprint density at radius 2 is 1.50 bits per heavy atom. The summed E-state index contributed by atoms with van der Waals surface area (Å²) in [6.45, 7) is 0. The second-order valence-electron chi connectivity index (χ2n) is 2.70. The number of benzene rings is 1. The highest BCUT2D eigenvalue weighted by molar-refractivity contribution is 6.76. The molecule has 0 radical (unpaired) electrons. The van der Waals surface area contributed by atoms with Crippen LogP contribution in [0.1, 0.15) is 0 Å². The van der Waals surface area contributed by atoms with Crippen molar-refractivity contribution in [1.29, 1.82) is 0 Å². The fourth-order valence-electron chi connectivity index (χ4n) is 0.812. The molecule has 0 heterocycles. The van der Waals surface area contributed by atoms with Gasteiger partial charge < -0.3 is 5.32 Å². The number of hydrogen-bond acceptors (Lipinski definition) is 1. The fraction of sp³-hybridized carbons (Fsp3) is 0.125. The molecule has 1 N–H and O–H groups in total. The third-order valence-electron chi connectivity index (χ3n) is 1.52. The predicted octanol–water partition coefficient (Wildman–Crippen LogP) is 4.96. The molecule has 1 rings (SSSR count). The van der Waals surface area contributed by atoms with Crippen molar-refractivity contribution in [3.05, 3.63) is 27.2 Å². The molecule has 2 nitrogen and oxygen atoms in total. The lowest BCUT2D eigenvalue weighted by Gasteiger charge is -2.13. The Morgan fingerprint density at radius 1 is 1.00 bits per heavy atom. The summed E-state index contributed by atoms with van der Waals surface area (Å²) in [6.07, 6.45) is 0. The Bertz CT molecular complexity index is 427. The van der Waals surface area contributed by atoms with Crippen molar-refractivity contribution in [3.63, 3.8) is 0 Å².